The summed E-state index contributed by atoms with van der Waals surface area (Å²) in [4.78, 5) is 15.9. The third-order valence-electron chi connectivity index (χ3n) is 4.22. The van der Waals surface area contributed by atoms with Gasteiger partial charge in [0.2, 0.25) is 0 Å². The zero-order valence-electron chi connectivity index (χ0n) is 14.4. The average Bonchev–Trinajstić information content (AvgIpc) is 3.18. The van der Waals surface area contributed by atoms with Crippen molar-refractivity contribution >= 4 is 55.6 Å². The van der Waals surface area contributed by atoms with Crippen LogP contribution in [0.2, 0.25) is 0 Å². The number of aromatic carboxylic acids is 1. The van der Waals surface area contributed by atoms with Gasteiger partial charge in [-0.05, 0) is 35.7 Å². The van der Waals surface area contributed by atoms with E-state index in [1.165, 1.54) is 6.07 Å². The number of nitrogens with zero attached hydrogens (tertiary/aromatic N) is 3. The van der Waals surface area contributed by atoms with Crippen molar-refractivity contribution in [2.24, 2.45) is 16.1 Å². The SMILES string of the molecule is N=N/N=C(\N)c1ccc2c(c1)nc(Nc1cccc(C(=O)O)c1)c1ccsc12. The van der Waals surface area contributed by atoms with Gasteiger partial charge >= 0.3 is 5.97 Å². The minimum Gasteiger partial charge on any atom is -0.478 e. The number of pyridine rings is 1. The average molecular weight is 390 g/mol. The summed E-state index contributed by atoms with van der Waals surface area (Å²) in [7, 11) is 0. The van der Waals surface area contributed by atoms with E-state index in [9.17, 15) is 9.90 Å². The molecule has 0 aliphatic rings. The molecule has 4 rings (SSSR count). The number of anilines is 2. The molecule has 8 nitrogen and oxygen atoms in total. The number of aromatic nitrogens is 1. The van der Waals surface area contributed by atoms with E-state index in [1.54, 1.807) is 35.6 Å². The Bertz CT molecular complexity index is 1260. The molecule has 0 atom stereocenters. The van der Waals surface area contributed by atoms with Gasteiger partial charge in [0.25, 0.3) is 0 Å². The molecule has 0 aliphatic heterocycles. The lowest BCUT2D eigenvalue weighted by Crippen LogP contribution is -2.12. The van der Waals surface area contributed by atoms with Gasteiger partial charge in [0.05, 0.1) is 11.1 Å². The number of carbonyl (C=O) groups is 1. The molecule has 0 aliphatic carbocycles. The lowest BCUT2D eigenvalue weighted by molar-refractivity contribution is 0.0697. The fraction of sp³-hybridized carbons (Fsp3) is 0. The van der Waals surface area contributed by atoms with Crippen LogP contribution in [-0.4, -0.2) is 21.9 Å². The number of rotatable bonds is 5. The number of thiophene rings is 1. The van der Waals surface area contributed by atoms with Crippen LogP contribution in [0.5, 0.6) is 0 Å². The molecule has 9 heteroatoms. The molecule has 0 spiro atoms. The molecule has 5 N–H and O–H groups in total. The molecule has 28 heavy (non-hydrogen) atoms. The Labute approximate surface area is 162 Å². The molecule has 2 aromatic heterocycles. The Morgan fingerprint density at radius 3 is 2.79 bits per heavy atom. The molecular formula is C19H14N6O2S. The second-order valence-electron chi connectivity index (χ2n) is 5.95. The summed E-state index contributed by atoms with van der Waals surface area (Å²) in [5.41, 5.74) is 14.8. The maximum Gasteiger partial charge on any atom is 0.335 e. The summed E-state index contributed by atoms with van der Waals surface area (Å²) in [6.07, 6.45) is 0. The lowest BCUT2D eigenvalue weighted by atomic mass is 10.1. The molecule has 0 amide bonds. The van der Waals surface area contributed by atoms with Crippen LogP contribution in [0.15, 0.2) is 64.2 Å². The third-order valence-corrected chi connectivity index (χ3v) is 5.17. The van der Waals surface area contributed by atoms with Crippen molar-refractivity contribution in [2.75, 3.05) is 5.32 Å². The zero-order chi connectivity index (χ0) is 19.7. The lowest BCUT2D eigenvalue weighted by Gasteiger charge is -2.10. The Kier molecular flexibility index (Phi) is 4.42. The first-order valence-electron chi connectivity index (χ1n) is 8.18. The minimum absolute atomic E-state index is 0.133. The molecule has 0 saturated heterocycles. The number of amidine groups is 1. The van der Waals surface area contributed by atoms with E-state index in [0.717, 1.165) is 15.5 Å². The van der Waals surface area contributed by atoms with Crippen LogP contribution >= 0.6 is 11.3 Å². The van der Waals surface area contributed by atoms with E-state index in [0.29, 0.717) is 22.6 Å². The number of hydrogen-bond donors (Lipinski definition) is 4. The van der Waals surface area contributed by atoms with Crippen molar-refractivity contribution in [1.29, 1.82) is 5.53 Å². The van der Waals surface area contributed by atoms with Gasteiger partial charge in [-0.3, -0.25) is 0 Å². The fourth-order valence-corrected chi connectivity index (χ4v) is 3.87. The highest BCUT2D eigenvalue weighted by molar-refractivity contribution is 7.18. The van der Waals surface area contributed by atoms with Gasteiger partial charge in [-0.15, -0.1) is 16.4 Å². The molecule has 2 aromatic carbocycles. The highest BCUT2D eigenvalue weighted by atomic mass is 32.1. The van der Waals surface area contributed by atoms with Gasteiger partial charge in [0, 0.05) is 26.7 Å². The van der Waals surface area contributed by atoms with E-state index >= 15 is 0 Å². The molecule has 0 saturated carbocycles. The fourth-order valence-electron chi connectivity index (χ4n) is 2.93. The van der Waals surface area contributed by atoms with Crippen molar-refractivity contribution in [1.82, 2.24) is 4.98 Å². The summed E-state index contributed by atoms with van der Waals surface area (Å²) in [5.74, 6) is -0.243. The van der Waals surface area contributed by atoms with Crippen LogP contribution in [0.4, 0.5) is 11.5 Å². The molecule has 138 valence electrons. The molecule has 0 unspecified atom stereocenters. The Morgan fingerprint density at radius 2 is 2.00 bits per heavy atom. The summed E-state index contributed by atoms with van der Waals surface area (Å²) in [6, 6.07) is 14.0. The molecule has 0 radical (unpaired) electrons. The van der Waals surface area contributed by atoms with E-state index in [2.05, 4.69) is 15.6 Å². The first-order chi connectivity index (χ1) is 13.6. The van der Waals surface area contributed by atoms with E-state index in [-0.39, 0.29) is 11.4 Å². The maximum absolute atomic E-state index is 11.2. The van der Waals surface area contributed by atoms with Crippen LogP contribution < -0.4 is 11.1 Å². The third kappa shape index (κ3) is 3.14. The first-order valence-corrected chi connectivity index (χ1v) is 9.06. The van der Waals surface area contributed by atoms with Gasteiger partial charge in [0.1, 0.15) is 5.82 Å². The summed E-state index contributed by atoms with van der Waals surface area (Å²) in [5, 5.41) is 22.8. The van der Waals surface area contributed by atoms with Gasteiger partial charge in [0.15, 0.2) is 5.84 Å². The summed E-state index contributed by atoms with van der Waals surface area (Å²) in [6.45, 7) is 0. The monoisotopic (exact) mass is 390 g/mol. The van der Waals surface area contributed by atoms with E-state index in [1.807, 2.05) is 23.6 Å². The molecule has 0 fully saturated rings. The zero-order valence-corrected chi connectivity index (χ0v) is 15.2. The van der Waals surface area contributed by atoms with Crippen LogP contribution in [0, 0.1) is 5.53 Å². The minimum atomic E-state index is -0.991. The Balaban J connectivity index is 1.86. The van der Waals surface area contributed by atoms with Crippen LogP contribution in [0.25, 0.3) is 21.0 Å². The molecule has 4 aromatic rings. The van der Waals surface area contributed by atoms with Gasteiger partial charge < -0.3 is 16.2 Å². The second kappa shape index (κ2) is 7.05. The summed E-state index contributed by atoms with van der Waals surface area (Å²) >= 11 is 1.59. The highest BCUT2D eigenvalue weighted by Crippen LogP contribution is 2.35. The van der Waals surface area contributed by atoms with Crippen molar-refractivity contribution in [3.8, 4) is 0 Å². The highest BCUT2D eigenvalue weighted by Gasteiger charge is 2.12. The van der Waals surface area contributed by atoms with Crippen LogP contribution in [0.3, 0.4) is 0 Å². The molecular weight excluding hydrogens is 376 g/mol. The predicted octanol–water partition coefficient (Wildman–Crippen LogP) is 4.54. The van der Waals surface area contributed by atoms with Crippen molar-refractivity contribution in [3.05, 3.63) is 65.0 Å². The van der Waals surface area contributed by atoms with Crippen LogP contribution in [0.1, 0.15) is 15.9 Å². The summed E-state index contributed by atoms with van der Waals surface area (Å²) < 4.78 is 1.05. The number of carboxylic acid groups (broad SMARTS) is 1. The van der Waals surface area contributed by atoms with Crippen molar-refractivity contribution in [3.63, 3.8) is 0 Å². The van der Waals surface area contributed by atoms with Crippen molar-refractivity contribution in [2.45, 2.75) is 0 Å². The smallest absolute Gasteiger partial charge is 0.335 e. The first kappa shape index (κ1) is 17.6. The number of benzene rings is 2. The van der Waals surface area contributed by atoms with E-state index in [4.69, 9.17) is 16.2 Å². The molecule has 0 bridgehead atoms. The van der Waals surface area contributed by atoms with Gasteiger partial charge in [-0.25, -0.2) is 9.78 Å². The van der Waals surface area contributed by atoms with Crippen molar-refractivity contribution < 1.29 is 9.90 Å². The Morgan fingerprint density at radius 1 is 1.14 bits per heavy atom. The number of nitrogens with one attached hydrogen (secondary N) is 2. The largest absolute Gasteiger partial charge is 0.478 e. The van der Waals surface area contributed by atoms with Gasteiger partial charge in [-0.1, -0.05) is 23.4 Å². The number of nitrogens with two attached hydrogens (primary N) is 1. The standard InChI is InChI=1S/C19H14N6O2S/c20-17(24-25-21)10-4-5-13-15(9-10)23-18(14-6-7-28-16(13)14)22-12-3-1-2-11(8-12)19(26)27/h1-9H,(H,22,23)(H,26,27)(H3,20,21,24). The Hall–Kier alpha value is -3.85. The number of carboxylic acids is 1. The number of fused-ring (bicyclic) bond motifs is 3. The topological polar surface area (TPSA) is 137 Å². The quantitative estimate of drug-likeness (QED) is 0.172. The second-order valence-corrected chi connectivity index (χ2v) is 6.87. The predicted molar refractivity (Wildman–Crippen MR) is 110 cm³/mol. The number of hydrogen-bond acceptors (Lipinski definition) is 6. The normalized spacial score (nSPS) is 11.6. The van der Waals surface area contributed by atoms with E-state index < -0.39 is 5.97 Å². The molecule has 2 heterocycles. The maximum atomic E-state index is 11.2. The van der Waals surface area contributed by atoms with Crippen LogP contribution in [-0.2, 0) is 0 Å². The van der Waals surface area contributed by atoms with Gasteiger partial charge in [-0.2, -0.15) is 5.53 Å².